The normalized spacial score (nSPS) is 17.1. The number of anilines is 1. The molecule has 1 atom stereocenters. The van der Waals surface area contributed by atoms with Crippen LogP contribution in [0, 0.1) is 6.92 Å². The molecule has 2 heterocycles. The number of nitrogens with two attached hydrogens (primary N) is 1. The fourth-order valence-corrected chi connectivity index (χ4v) is 2.55. The molecule has 20 heavy (non-hydrogen) atoms. The fourth-order valence-electron chi connectivity index (χ4n) is 2.55. The van der Waals surface area contributed by atoms with E-state index in [1.807, 2.05) is 18.7 Å². The van der Waals surface area contributed by atoms with Gasteiger partial charge in [-0.3, -0.25) is 9.48 Å². The zero-order chi connectivity index (χ0) is 14.7. The van der Waals surface area contributed by atoms with Crippen molar-refractivity contribution in [1.29, 1.82) is 0 Å². The highest BCUT2D eigenvalue weighted by molar-refractivity contribution is 5.76. The number of nitrogens with zero attached hydrogens (tertiary/aromatic N) is 3. The van der Waals surface area contributed by atoms with Gasteiger partial charge in [0.15, 0.2) is 0 Å². The van der Waals surface area contributed by atoms with Crippen molar-refractivity contribution in [3.05, 3.63) is 11.3 Å². The number of esters is 1. The van der Waals surface area contributed by atoms with E-state index >= 15 is 0 Å². The van der Waals surface area contributed by atoms with Gasteiger partial charge in [-0.1, -0.05) is 0 Å². The van der Waals surface area contributed by atoms with Crippen molar-refractivity contribution < 1.29 is 14.3 Å². The number of carbonyl (C=O) groups excluding carboxylic acids is 1. The van der Waals surface area contributed by atoms with Gasteiger partial charge in [-0.15, -0.1) is 0 Å². The molecular formula is C13H22N4O3. The summed E-state index contributed by atoms with van der Waals surface area (Å²) >= 11 is 0. The Bertz CT molecular complexity index is 480. The largest absolute Gasteiger partial charge is 0.468 e. The molecule has 0 aromatic carbocycles. The Labute approximate surface area is 118 Å². The van der Waals surface area contributed by atoms with Gasteiger partial charge in [0.2, 0.25) is 0 Å². The van der Waals surface area contributed by atoms with Crippen molar-refractivity contribution in [2.24, 2.45) is 12.8 Å². The van der Waals surface area contributed by atoms with Crippen molar-refractivity contribution in [3.8, 4) is 0 Å². The van der Waals surface area contributed by atoms with E-state index in [9.17, 15) is 4.79 Å². The molecule has 112 valence electrons. The van der Waals surface area contributed by atoms with Gasteiger partial charge in [-0.25, -0.2) is 0 Å². The van der Waals surface area contributed by atoms with Crippen LogP contribution in [0.3, 0.4) is 0 Å². The molecule has 1 unspecified atom stereocenters. The van der Waals surface area contributed by atoms with Crippen molar-refractivity contribution in [2.45, 2.75) is 19.4 Å². The van der Waals surface area contributed by atoms with Gasteiger partial charge in [-0.05, 0) is 6.92 Å². The number of hydrogen-bond acceptors (Lipinski definition) is 6. The minimum atomic E-state index is -0.664. The lowest BCUT2D eigenvalue weighted by Crippen LogP contribution is -2.39. The summed E-state index contributed by atoms with van der Waals surface area (Å²) in [5.74, 6) is 0.617. The molecule has 0 bridgehead atoms. The molecule has 1 aliphatic heterocycles. The van der Waals surface area contributed by atoms with E-state index in [4.69, 9.17) is 15.2 Å². The summed E-state index contributed by atoms with van der Waals surface area (Å²) in [5, 5.41) is 4.45. The zero-order valence-corrected chi connectivity index (χ0v) is 12.3. The van der Waals surface area contributed by atoms with Gasteiger partial charge in [-0.2, -0.15) is 5.10 Å². The summed E-state index contributed by atoms with van der Waals surface area (Å²) in [6.45, 7) is 4.97. The molecule has 7 heteroatoms. The third kappa shape index (κ3) is 2.94. The maximum Gasteiger partial charge on any atom is 0.322 e. The van der Waals surface area contributed by atoms with Crippen molar-refractivity contribution in [2.75, 3.05) is 38.3 Å². The summed E-state index contributed by atoms with van der Waals surface area (Å²) in [7, 11) is 3.26. The molecule has 2 rings (SSSR count). The minimum absolute atomic E-state index is 0.402. The van der Waals surface area contributed by atoms with Gasteiger partial charge >= 0.3 is 5.97 Å². The molecule has 0 spiro atoms. The average Bonchev–Trinajstić information content (AvgIpc) is 2.73. The summed E-state index contributed by atoms with van der Waals surface area (Å²) in [4.78, 5) is 13.7. The van der Waals surface area contributed by atoms with Crippen LogP contribution >= 0.6 is 0 Å². The highest BCUT2D eigenvalue weighted by atomic mass is 16.5. The highest BCUT2D eigenvalue weighted by Crippen LogP contribution is 2.25. The van der Waals surface area contributed by atoms with E-state index in [0.29, 0.717) is 19.6 Å². The van der Waals surface area contributed by atoms with Gasteiger partial charge in [0.05, 0.1) is 26.0 Å². The third-order valence-corrected chi connectivity index (χ3v) is 3.55. The molecule has 7 nitrogen and oxygen atoms in total. The molecule has 1 aromatic heterocycles. The smallest absolute Gasteiger partial charge is 0.322 e. The van der Waals surface area contributed by atoms with Gasteiger partial charge in [0.25, 0.3) is 0 Å². The highest BCUT2D eigenvalue weighted by Gasteiger charge is 2.25. The van der Waals surface area contributed by atoms with Crippen LogP contribution < -0.4 is 10.6 Å². The van der Waals surface area contributed by atoms with Crippen molar-refractivity contribution in [3.63, 3.8) is 0 Å². The predicted octanol–water partition coefficient (Wildman–Crippen LogP) is -0.392. The lowest BCUT2D eigenvalue weighted by atomic mass is 10.1. The Morgan fingerprint density at radius 2 is 2.15 bits per heavy atom. The van der Waals surface area contributed by atoms with Crippen LogP contribution in [0.15, 0.2) is 0 Å². The minimum Gasteiger partial charge on any atom is -0.468 e. The predicted molar refractivity (Wildman–Crippen MR) is 74.7 cm³/mol. The molecule has 2 N–H and O–H groups in total. The molecular weight excluding hydrogens is 260 g/mol. The Morgan fingerprint density at radius 1 is 1.50 bits per heavy atom. The molecule has 0 amide bonds. The number of rotatable bonds is 4. The Balaban J connectivity index is 2.25. The first-order chi connectivity index (χ1) is 9.54. The second-order valence-electron chi connectivity index (χ2n) is 4.94. The van der Waals surface area contributed by atoms with Crippen molar-refractivity contribution in [1.82, 2.24) is 9.78 Å². The van der Waals surface area contributed by atoms with E-state index in [1.165, 1.54) is 7.11 Å². The number of morpholine rings is 1. The number of aryl methyl sites for hydroxylation is 2. The summed E-state index contributed by atoms with van der Waals surface area (Å²) in [6.07, 6.45) is 0.430. The Hall–Kier alpha value is -1.60. The molecule has 1 saturated heterocycles. The van der Waals surface area contributed by atoms with Gasteiger partial charge in [0, 0.05) is 32.1 Å². The van der Waals surface area contributed by atoms with Crippen LogP contribution in [0.25, 0.3) is 0 Å². The monoisotopic (exact) mass is 282 g/mol. The Kier molecular flexibility index (Phi) is 4.61. The first-order valence-corrected chi connectivity index (χ1v) is 6.73. The second kappa shape index (κ2) is 6.23. The quantitative estimate of drug-likeness (QED) is 0.757. The van der Waals surface area contributed by atoms with E-state index in [-0.39, 0.29) is 0 Å². The van der Waals surface area contributed by atoms with Gasteiger partial charge in [0.1, 0.15) is 11.9 Å². The van der Waals surface area contributed by atoms with E-state index in [2.05, 4.69) is 10.00 Å². The number of carbonyl (C=O) groups is 1. The second-order valence-corrected chi connectivity index (χ2v) is 4.94. The molecule has 1 fully saturated rings. The van der Waals surface area contributed by atoms with Crippen LogP contribution in [0.5, 0.6) is 0 Å². The number of hydrogen-bond donors (Lipinski definition) is 1. The first-order valence-electron chi connectivity index (χ1n) is 6.73. The molecule has 0 aliphatic carbocycles. The molecule has 0 saturated carbocycles. The molecule has 0 radical (unpaired) electrons. The van der Waals surface area contributed by atoms with Crippen LogP contribution in [0.2, 0.25) is 0 Å². The van der Waals surface area contributed by atoms with Crippen LogP contribution in [0.1, 0.15) is 11.3 Å². The summed E-state index contributed by atoms with van der Waals surface area (Å²) in [5.41, 5.74) is 7.78. The first kappa shape index (κ1) is 14.8. The summed E-state index contributed by atoms with van der Waals surface area (Å²) < 4.78 is 11.9. The van der Waals surface area contributed by atoms with Crippen LogP contribution in [-0.2, 0) is 27.7 Å². The summed E-state index contributed by atoms with van der Waals surface area (Å²) in [6, 6.07) is -0.664. The topological polar surface area (TPSA) is 82.6 Å². The SMILES string of the molecule is COC(=O)C(N)Cc1c(C)nn(C)c1N1CCOCC1. The van der Waals surface area contributed by atoms with Crippen molar-refractivity contribution >= 4 is 11.8 Å². The number of methoxy groups -OCH3 is 1. The lowest BCUT2D eigenvalue weighted by molar-refractivity contribution is -0.142. The number of ether oxygens (including phenoxy) is 2. The third-order valence-electron chi connectivity index (χ3n) is 3.55. The van der Waals surface area contributed by atoms with Crippen LogP contribution in [-0.4, -0.2) is 55.2 Å². The number of aromatic nitrogens is 2. The standard InChI is InChI=1S/C13H22N4O3/c1-9-10(8-11(14)13(18)19-3)12(16(2)15-9)17-4-6-20-7-5-17/h11H,4-8,14H2,1-3H3. The van der Waals surface area contributed by atoms with E-state index < -0.39 is 12.0 Å². The Morgan fingerprint density at radius 3 is 2.75 bits per heavy atom. The lowest BCUT2D eigenvalue weighted by Gasteiger charge is -2.29. The molecule has 1 aliphatic rings. The zero-order valence-electron chi connectivity index (χ0n) is 12.3. The maximum absolute atomic E-state index is 11.5. The molecule has 1 aromatic rings. The fraction of sp³-hybridized carbons (Fsp3) is 0.692. The van der Waals surface area contributed by atoms with E-state index in [0.717, 1.165) is 30.2 Å². The average molecular weight is 282 g/mol. The van der Waals surface area contributed by atoms with E-state index in [1.54, 1.807) is 0 Å². The van der Waals surface area contributed by atoms with Crippen LogP contribution in [0.4, 0.5) is 5.82 Å². The maximum atomic E-state index is 11.5. The van der Waals surface area contributed by atoms with Gasteiger partial charge < -0.3 is 20.1 Å².